The van der Waals surface area contributed by atoms with E-state index in [9.17, 15) is 9.18 Å². The maximum atomic E-state index is 13.6. The van der Waals surface area contributed by atoms with Gasteiger partial charge in [-0.3, -0.25) is 4.79 Å². The molecule has 0 spiro atoms. The molecule has 4 nitrogen and oxygen atoms in total. The summed E-state index contributed by atoms with van der Waals surface area (Å²) in [6.45, 7) is 3.46. The van der Waals surface area contributed by atoms with Crippen LogP contribution in [0.15, 0.2) is 34.2 Å². The van der Waals surface area contributed by atoms with Gasteiger partial charge >= 0.3 is 0 Å². The van der Waals surface area contributed by atoms with Gasteiger partial charge in [-0.05, 0) is 23.9 Å². The summed E-state index contributed by atoms with van der Waals surface area (Å²) in [4.78, 5) is 18.5. The van der Waals surface area contributed by atoms with E-state index in [4.69, 9.17) is 0 Å². The molecule has 0 atom stereocenters. The fourth-order valence-corrected chi connectivity index (χ4v) is 3.08. The van der Waals surface area contributed by atoms with E-state index in [-0.39, 0.29) is 11.7 Å². The van der Waals surface area contributed by atoms with Gasteiger partial charge < -0.3 is 10.2 Å². The van der Waals surface area contributed by atoms with E-state index in [0.717, 1.165) is 31.3 Å². The van der Waals surface area contributed by atoms with Gasteiger partial charge in [0.25, 0.3) is 5.91 Å². The van der Waals surface area contributed by atoms with Gasteiger partial charge in [0.1, 0.15) is 5.82 Å². The van der Waals surface area contributed by atoms with Crippen molar-refractivity contribution in [2.24, 2.45) is 4.99 Å². The lowest BCUT2D eigenvalue weighted by molar-refractivity contribution is -0.113. The SMILES string of the molecule is O=C1N=C(N2CCNCC2)S/C1=C\c1ccccc1F. The van der Waals surface area contributed by atoms with Crippen LogP contribution in [0.1, 0.15) is 5.56 Å². The van der Waals surface area contributed by atoms with Crippen molar-refractivity contribution in [3.05, 3.63) is 40.6 Å². The molecule has 3 rings (SSSR count). The zero-order valence-electron chi connectivity index (χ0n) is 10.8. The van der Waals surface area contributed by atoms with Crippen molar-refractivity contribution in [1.29, 1.82) is 0 Å². The zero-order chi connectivity index (χ0) is 13.9. The summed E-state index contributed by atoms with van der Waals surface area (Å²) in [7, 11) is 0. The first-order chi connectivity index (χ1) is 9.74. The Morgan fingerprint density at radius 2 is 2.05 bits per heavy atom. The number of rotatable bonds is 1. The van der Waals surface area contributed by atoms with Crippen LogP contribution in [0.5, 0.6) is 0 Å². The molecule has 1 fully saturated rings. The van der Waals surface area contributed by atoms with Gasteiger partial charge in [0.15, 0.2) is 5.17 Å². The molecule has 0 aromatic heterocycles. The molecule has 1 amide bonds. The summed E-state index contributed by atoms with van der Waals surface area (Å²) in [5, 5.41) is 3.97. The molecule has 1 N–H and O–H groups in total. The van der Waals surface area contributed by atoms with Gasteiger partial charge in [-0.2, -0.15) is 4.99 Å². The van der Waals surface area contributed by atoms with Crippen LogP contribution >= 0.6 is 11.8 Å². The summed E-state index contributed by atoms with van der Waals surface area (Å²) < 4.78 is 13.6. The Bertz CT molecular complexity index is 594. The van der Waals surface area contributed by atoms with E-state index in [1.54, 1.807) is 24.3 Å². The molecule has 0 unspecified atom stereocenters. The smallest absolute Gasteiger partial charge is 0.286 e. The summed E-state index contributed by atoms with van der Waals surface area (Å²) in [6.07, 6.45) is 1.57. The number of nitrogens with one attached hydrogen (secondary N) is 1. The number of hydrogen-bond acceptors (Lipinski definition) is 4. The highest BCUT2D eigenvalue weighted by Crippen LogP contribution is 2.30. The number of amidine groups is 1. The predicted molar refractivity (Wildman–Crippen MR) is 78.9 cm³/mol. The van der Waals surface area contributed by atoms with Crippen LogP contribution in [-0.2, 0) is 4.79 Å². The van der Waals surface area contributed by atoms with E-state index in [1.165, 1.54) is 17.8 Å². The molecule has 0 bridgehead atoms. The normalized spacial score (nSPS) is 21.4. The van der Waals surface area contributed by atoms with Crippen LogP contribution in [0, 0.1) is 5.82 Å². The molecular formula is C14H14FN3OS. The third-order valence-electron chi connectivity index (χ3n) is 3.19. The van der Waals surface area contributed by atoms with Crippen LogP contribution in [-0.4, -0.2) is 42.2 Å². The highest BCUT2D eigenvalue weighted by Gasteiger charge is 2.26. The summed E-state index contributed by atoms with van der Waals surface area (Å²) in [5.41, 5.74) is 0.417. The number of aliphatic imine (C=N–C) groups is 1. The van der Waals surface area contributed by atoms with Crippen molar-refractivity contribution in [2.45, 2.75) is 0 Å². The molecule has 1 saturated heterocycles. The molecule has 6 heteroatoms. The quantitative estimate of drug-likeness (QED) is 0.800. The number of amides is 1. The number of hydrogen-bond donors (Lipinski definition) is 1. The average molecular weight is 291 g/mol. The van der Waals surface area contributed by atoms with Gasteiger partial charge in [-0.25, -0.2) is 4.39 Å². The summed E-state index contributed by atoms with van der Waals surface area (Å²) >= 11 is 1.32. The molecule has 0 radical (unpaired) electrons. The highest BCUT2D eigenvalue weighted by atomic mass is 32.2. The Hall–Kier alpha value is -1.66. The lowest BCUT2D eigenvalue weighted by Gasteiger charge is -2.27. The second-order valence-electron chi connectivity index (χ2n) is 4.57. The number of piperazine rings is 1. The van der Waals surface area contributed by atoms with Crippen molar-refractivity contribution in [3.63, 3.8) is 0 Å². The Morgan fingerprint density at radius 3 is 2.80 bits per heavy atom. The van der Waals surface area contributed by atoms with Crippen molar-refractivity contribution in [3.8, 4) is 0 Å². The number of halogens is 1. The Morgan fingerprint density at radius 1 is 1.30 bits per heavy atom. The minimum Gasteiger partial charge on any atom is -0.348 e. The number of nitrogens with zero attached hydrogens (tertiary/aromatic N) is 2. The number of benzene rings is 1. The number of thioether (sulfide) groups is 1. The molecule has 0 saturated carbocycles. The third kappa shape index (κ3) is 2.76. The lowest BCUT2D eigenvalue weighted by Crippen LogP contribution is -2.45. The molecule has 2 aliphatic heterocycles. The van der Waals surface area contributed by atoms with E-state index in [0.29, 0.717) is 10.5 Å². The average Bonchev–Trinajstić information content (AvgIpc) is 2.84. The Balaban J connectivity index is 1.78. The molecule has 1 aromatic carbocycles. The van der Waals surface area contributed by atoms with E-state index in [1.807, 2.05) is 0 Å². The van der Waals surface area contributed by atoms with Gasteiger partial charge in [-0.15, -0.1) is 0 Å². The summed E-state index contributed by atoms with van der Waals surface area (Å²) in [5.74, 6) is -0.615. The van der Waals surface area contributed by atoms with Gasteiger partial charge in [0.05, 0.1) is 4.91 Å². The third-order valence-corrected chi connectivity index (χ3v) is 4.23. The minimum absolute atomic E-state index is 0.285. The molecule has 0 aliphatic carbocycles. The Kier molecular flexibility index (Phi) is 3.84. The van der Waals surface area contributed by atoms with Crippen LogP contribution in [0.4, 0.5) is 4.39 Å². The fourth-order valence-electron chi connectivity index (χ4n) is 2.12. The van der Waals surface area contributed by atoms with Crippen LogP contribution in [0.25, 0.3) is 6.08 Å². The number of carbonyl (C=O) groups excluding carboxylic acids is 1. The molecular weight excluding hydrogens is 277 g/mol. The highest BCUT2D eigenvalue weighted by molar-refractivity contribution is 8.18. The minimum atomic E-state index is -0.330. The lowest BCUT2D eigenvalue weighted by atomic mass is 10.2. The van der Waals surface area contributed by atoms with E-state index < -0.39 is 0 Å². The second-order valence-corrected chi connectivity index (χ2v) is 5.58. The molecule has 1 aromatic rings. The maximum Gasteiger partial charge on any atom is 0.286 e. The second kappa shape index (κ2) is 5.76. The van der Waals surface area contributed by atoms with Crippen molar-refractivity contribution < 1.29 is 9.18 Å². The van der Waals surface area contributed by atoms with Gasteiger partial charge in [0, 0.05) is 31.7 Å². The largest absolute Gasteiger partial charge is 0.348 e. The standard InChI is InChI=1S/C14H14FN3OS/c15-11-4-2-1-3-10(11)9-12-13(19)17-14(20-12)18-7-5-16-6-8-18/h1-4,9,16H,5-8H2/b12-9-. The zero-order valence-corrected chi connectivity index (χ0v) is 11.6. The molecule has 20 heavy (non-hydrogen) atoms. The van der Waals surface area contributed by atoms with Crippen molar-refractivity contribution >= 4 is 28.9 Å². The van der Waals surface area contributed by atoms with E-state index in [2.05, 4.69) is 15.2 Å². The topological polar surface area (TPSA) is 44.7 Å². The van der Waals surface area contributed by atoms with Gasteiger partial charge in [0.2, 0.25) is 0 Å². The first kappa shape index (κ1) is 13.3. The summed E-state index contributed by atoms with van der Waals surface area (Å²) in [6, 6.07) is 6.41. The van der Waals surface area contributed by atoms with Gasteiger partial charge in [-0.1, -0.05) is 18.2 Å². The predicted octanol–water partition coefficient (Wildman–Crippen LogP) is 1.70. The molecule has 2 aliphatic rings. The van der Waals surface area contributed by atoms with Crippen LogP contribution in [0.2, 0.25) is 0 Å². The monoisotopic (exact) mass is 291 g/mol. The van der Waals surface area contributed by atoms with Crippen LogP contribution in [0.3, 0.4) is 0 Å². The van der Waals surface area contributed by atoms with Crippen molar-refractivity contribution in [2.75, 3.05) is 26.2 Å². The molecule has 104 valence electrons. The first-order valence-corrected chi connectivity index (χ1v) is 7.28. The van der Waals surface area contributed by atoms with Crippen LogP contribution < -0.4 is 5.32 Å². The first-order valence-electron chi connectivity index (χ1n) is 6.47. The number of carbonyl (C=O) groups is 1. The maximum absolute atomic E-state index is 13.6. The van der Waals surface area contributed by atoms with E-state index >= 15 is 0 Å². The molecule has 2 heterocycles. The van der Waals surface area contributed by atoms with Crippen molar-refractivity contribution in [1.82, 2.24) is 10.2 Å². The Labute approximate surface area is 120 Å². The fraction of sp³-hybridized carbons (Fsp3) is 0.286.